The van der Waals surface area contributed by atoms with Crippen LogP contribution in [0.5, 0.6) is 5.75 Å². The van der Waals surface area contributed by atoms with Crippen LogP contribution in [0.15, 0.2) is 41.4 Å². The smallest absolute Gasteiger partial charge is 0.325 e. The number of amides is 1. The summed E-state index contributed by atoms with van der Waals surface area (Å²) < 4.78 is 39.6. The Balaban J connectivity index is 1.98. The highest BCUT2D eigenvalue weighted by molar-refractivity contribution is 7.16. The van der Waals surface area contributed by atoms with Crippen molar-refractivity contribution in [3.63, 3.8) is 0 Å². The Labute approximate surface area is 175 Å². The molecule has 0 aliphatic heterocycles. The van der Waals surface area contributed by atoms with Crippen LogP contribution in [0.3, 0.4) is 0 Å². The number of fused-ring (bicyclic) bond motifs is 1. The van der Waals surface area contributed by atoms with Crippen LogP contribution in [0.25, 0.3) is 10.2 Å². The van der Waals surface area contributed by atoms with E-state index in [9.17, 15) is 18.4 Å². The van der Waals surface area contributed by atoms with Crippen molar-refractivity contribution >= 4 is 33.4 Å². The largest absolute Gasteiger partial charge is 0.494 e. The van der Waals surface area contributed by atoms with Crippen LogP contribution >= 0.6 is 11.3 Å². The van der Waals surface area contributed by atoms with Gasteiger partial charge in [-0.25, -0.2) is 8.78 Å². The highest BCUT2D eigenvalue weighted by Crippen LogP contribution is 2.22. The van der Waals surface area contributed by atoms with Gasteiger partial charge in [-0.1, -0.05) is 24.7 Å². The molecule has 3 aromatic rings. The van der Waals surface area contributed by atoms with E-state index in [1.807, 2.05) is 0 Å². The summed E-state index contributed by atoms with van der Waals surface area (Å²) in [6, 6.07) is 8.33. The summed E-state index contributed by atoms with van der Waals surface area (Å²) in [6.07, 6.45) is 1.94. The quantitative estimate of drug-likeness (QED) is 0.415. The molecule has 0 atom stereocenters. The van der Waals surface area contributed by atoms with Crippen molar-refractivity contribution in [2.24, 2.45) is 4.99 Å². The maximum atomic E-state index is 14.4. The molecule has 0 saturated heterocycles. The van der Waals surface area contributed by atoms with Crippen molar-refractivity contribution in [3.8, 4) is 5.75 Å². The molecule has 6 nitrogen and oxygen atoms in total. The Bertz CT molecular complexity index is 1140. The Morgan fingerprint density at radius 3 is 2.57 bits per heavy atom. The lowest BCUT2D eigenvalue weighted by molar-refractivity contribution is -0.141. The number of unbranched alkanes of at least 4 members (excludes halogenated alkanes) is 1. The number of aromatic nitrogens is 1. The van der Waals surface area contributed by atoms with E-state index in [0.29, 0.717) is 24.0 Å². The monoisotopic (exact) mass is 434 g/mol. The van der Waals surface area contributed by atoms with E-state index in [1.54, 1.807) is 24.3 Å². The van der Waals surface area contributed by atoms with Gasteiger partial charge in [-0.05, 0) is 36.8 Å². The van der Waals surface area contributed by atoms with E-state index in [2.05, 4.69) is 16.7 Å². The van der Waals surface area contributed by atoms with E-state index in [1.165, 1.54) is 11.7 Å². The fourth-order valence-electron chi connectivity index (χ4n) is 2.73. The fraction of sp³-hybridized carbons (Fsp3) is 0.286. The van der Waals surface area contributed by atoms with Gasteiger partial charge in [-0.15, -0.1) is 0 Å². The Hall–Kier alpha value is -3.07. The van der Waals surface area contributed by atoms with Gasteiger partial charge in [-0.3, -0.25) is 9.59 Å². The van der Waals surface area contributed by atoms with Gasteiger partial charge < -0.3 is 14.0 Å². The summed E-state index contributed by atoms with van der Waals surface area (Å²) in [5.74, 6) is -2.21. The third-order valence-electron chi connectivity index (χ3n) is 4.28. The number of methoxy groups -OCH3 is 1. The van der Waals surface area contributed by atoms with Crippen LogP contribution in [0.1, 0.15) is 30.1 Å². The van der Waals surface area contributed by atoms with Crippen molar-refractivity contribution in [3.05, 3.63) is 58.4 Å². The number of hydrogen-bond donors (Lipinski definition) is 0. The van der Waals surface area contributed by atoms with E-state index in [0.717, 1.165) is 30.2 Å². The van der Waals surface area contributed by atoms with Gasteiger partial charge in [0.25, 0.3) is 5.91 Å². The first-order valence-electron chi connectivity index (χ1n) is 9.30. The zero-order chi connectivity index (χ0) is 21.7. The molecular formula is C21H20F2N2O4S. The molecule has 1 amide bonds. The summed E-state index contributed by atoms with van der Waals surface area (Å²) in [5.41, 5.74) is 0.282. The summed E-state index contributed by atoms with van der Waals surface area (Å²) in [7, 11) is 1.19. The number of benzene rings is 2. The van der Waals surface area contributed by atoms with Crippen molar-refractivity contribution < 1.29 is 27.8 Å². The van der Waals surface area contributed by atoms with Crippen LogP contribution < -0.4 is 9.54 Å². The summed E-state index contributed by atoms with van der Waals surface area (Å²) in [5, 5.41) is 0. The number of nitrogens with zero attached hydrogens (tertiary/aromatic N) is 2. The first-order valence-corrected chi connectivity index (χ1v) is 10.1. The van der Waals surface area contributed by atoms with Gasteiger partial charge in [0, 0.05) is 11.6 Å². The molecule has 2 aromatic carbocycles. The predicted molar refractivity (Wildman–Crippen MR) is 108 cm³/mol. The first kappa shape index (κ1) is 21.6. The molecule has 3 rings (SSSR count). The van der Waals surface area contributed by atoms with Crippen LogP contribution in [0.2, 0.25) is 0 Å². The van der Waals surface area contributed by atoms with Crippen molar-refractivity contribution in [1.82, 2.24) is 4.57 Å². The molecule has 0 bridgehead atoms. The zero-order valence-electron chi connectivity index (χ0n) is 16.5. The molecule has 30 heavy (non-hydrogen) atoms. The molecule has 0 spiro atoms. The molecule has 1 aromatic heterocycles. The number of carbonyl (C=O) groups excluding carboxylic acids is 2. The number of ether oxygens (including phenoxy) is 2. The van der Waals surface area contributed by atoms with Gasteiger partial charge in [0.2, 0.25) is 0 Å². The topological polar surface area (TPSA) is 69.9 Å². The maximum Gasteiger partial charge on any atom is 0.325 e. The number of thiazole rings is 1. The Morgan fingerprint density at radius 1 is 1.17 bits per heavy atom. The molecule has 158 valence electrons. The highest BCUT2D eigenvalue weighted by atomic mass is 32.1. The lowest BCUT2D eigenvalue weighted by atomic mass is 10.2. The summed E-state index contributed by atoms with van der Waals surface area (Å²) in [6.45, 7) is 2.29. The lowest BCUT2D eigenvalue weighted by Crippen LogP contribution is -2.22. The third-order valence-corrected chi connectivity index (χ3v) is 5.30. The highest BCUT2D eigenvalue weighted by Gasteiger charge is 2.17. The molecule has 0 saturated carbocycles. The van der Waals surface area contributed by atoms with Gasteiger partial charge in [0.05, 0.1) is 23.9 Å². The van der Waals surface area contributed by atoms with Crippen molar-refractivity contribution in [2.45, 2.75) is 26.3 Å². The second kappa shape index (κ2) is 9.62. The Kier molecular flexibility index (Phi) is 6.94. The molecule has 0 radical (unpaired) electrons. The minimum atomic E-state index is -0.854. The van der Waals surface area contributed by atoms with E-state index in [-0.39, 0.29) is 21.6 Å². The van der Waals surface area contributed by atoms with Crippen molar-refractivity contribution in [2.75, 3.05) is 13.7 Å². The molecular weight excluding hydrogens is 414 g/mol. The van der Waals surface area contributed by atoms with E-state index >= 15 is 0 Å². The molecule has 0 aliphatic carbocycles. The minimum absolute atomic E-state index is 0.0157. The van der Waals surface area contributed by atoms with Crippen LogP contribution in [-0.2, 0) is 16.1 Å². The average Bonchev–Trinajstić information content (AvgIpc) is 3.05. The number of esters is 1. The molecule has 0 N–H and O–H groups in total. The maximum absolute atomic E-state index is 14.4. The van der Waals surface area contributed by atoms with Gasteiger partial charge in [0.1, 0.15) is 18.1 Å². The SMILES string of the molecule is CCCCOc1ccc(C(=O)N=c2sc3cc(F)cc(F)c3n2CC(=O)OC)cc1. The molecule has 0 unspecified atom stereocenters. The zero-order valence-corrected chi connectivity index (χ0v) is 17.3. The Morgan fingerprint density at radius 2 is 1.90 bits per heavy atom. The normalized spacial score (nSPS) is 11.7. The summed E-state index contributed by atoms with van der Waals surface area (Å²) in [4.78, 5) is 28.5. The predicted octanol–water partition coefficient (Wildman–Crippen LogP) is 4.07. The van der Waals surface area contributed by atoms with Crippen LogP contribution in [0, 0.1) is 11.6 Å². The standard InChI is InChI=1S/C21H20F2N2O4S/c1-3-4-9-29-15-7-5-13(6-8-15)20(27)24-21-25(12-18(26)28-2)19-16(23)10-14(22)11-17(19)30-21/h5-8,10-11H,3-4,9,12H2,1-2H3. The van der Waals surface area contributed by atoms with Crippen LogP contribution in [0.4, 0.5) is 8.78 Å². The van der Waals surface area contributed by atoms with Crippen molar-refractivity contribution in [1.29, 1.82) is 0 Å². The second-order valence-corrected chi connectivity index (χ2v) is 7.43. The molecule has 0 fully saturated rings. The van der Waals surface area contributed by atoms with E-state index < -0.39 is 23.5 Å². The lowest BCUT2D eigenvalue weighted by Gasteiger charge is -2.05. The first-order chi connectivity index (χ1) is 14.4. The van der Waals surface area contributed by atoms with E-state index in [4.69, 9.17) is 4.74 Å². The van der Waals surface area contributed by atoms with Crippen LogP contribution in [-0.4, -0.2) is 30.2 Å². The number of rotatable bonds is 7. The molecule has 0 aliphatic rings. The van der Waals surface area contributed by atoms with Gasteiger partial charge >= 0.3 is 5.97 Å². The second-order valence-electron chi connectivity index (χ2n) is 6.42. The number of carbonyl (C=O) groups is 2. The number of halogens is 2. The molecule has 9 heteroatoms. The van der Waals surface area contributed by atoms with Gasteiger partial charge in [0.15, 0.2) is 10.6 Å². The molecule has 1 heterocycles. The number of hydrogen-bond acceptors (Lipinski definition) is 5. The third kappa shape index (κ3) is 4.91. The summed E-state index contributed by atoms with van der Waals surface area (Å²) >= 11 is 0.907. The average molecular weight is 434 g/mol. The van der Waals surface area contributed by atoms with Gasteiger partial charge in [-0.2, -0.15) is 4.99 Å². The fourth-order valence-corrected chi connectivity index (χ4v) is 3.80. The minimum Gasteiger partial charge on any atom is -0.494 e.